The Bertz CT molecular complexity index is 660. The molecule has 0 radical (unpaired) electrons. The summed E-state index contributed by atoms with van der Waals surface area (Å²) in [6.45, 7) is 2.26. The summed E-state index contributed by atoms with van der Waals surface area (Å²) in [5, 5.41) is 3.49. The number of hydrogen-bond donors (Lipinski definition) is 1. The number of halogens is 1. The van der Waals surface area contributed by atoms with Gasteiger partial charge in [0.2, 0.25) is 0 Å². The zero-order chi connectivity index (χ0) is 16.7. The first-order valence-corrected chi connectivity index (χ1v) is 7.84. The predicted octanol–water partition coefficient (Wildman–Crippen LogP) is 3.82. The smallest absolute Gasteiger partial charge is 0.261 e. The lowest BCUT2D eigenvalue weighted by molar-refractivity contribution is -0.128. The Morgan fingerprint density at radius 2 is 1.78 bits per heavy atom. The van der Waals surface area contributed by atoms with E-state index in [0.29, 0.717) is 29.5 Å². The SMILES string of the molecule is CC[C@H](Oc1ccccc1OC)C(=O)NCc1ccccc1Cl. The predicted molar refractivity (Wildman–Crippen MR) is 91.0 cm³/mol. The van der Waals surface area contributed by atoms with Crippen LogP contribution in [0.5, 0.6) is 11.5 Å². The first-order chi connectivity index (χ1) is 11.2. The molecule has 1 amide bonds. The molecule has 1 atom stereocenters. The summed E-state index contributed by atoms with van der Waals surface area (Å²) in [6.07, 6.45) is -0.0411. The first kappa shape index (κ1) is 17.2. The summed E-state index contributed by atoms with van der Waals surface area (Å²) < 4.78 is 11.0. The highest BCUT2D eigenvalue weighted by Gasteiger charge is 2.19. The maximum atomic E-state index is 12.3. The van der Waals surface area contributed by atoms with Crippen molar-refractivity contribution in [3.8, 4) is 11.5 Å². The molecular formula is C18H20ClNO3. The van der Waals surface area contributed by atoms with Crippen LogP contribution in [-0.2, 0) is 11.3 Å². The van der Waals surface area contributed by atoms with Crippen molar-refractivity contribution in [1.29, 1.82) is 0 Å². The maximum absolute atomic E-state index is 12.3. The molecular weight excluding hydrogens is 314 g/mol. The Kier molecular flexibility index (Phi) is 6.29. The van der Waals surface area contributed by atoms with Gasteiger partial charge in [-0.05, 0) is 30.2 Å². The van der Waals surface area contributed by atoms with Crippen LogP contribution in [0.4, 0.5) is 0 Å². The number of benzene rings is 2. The van der Waals surface area contributed by atoms with Gasteiger partial charge in [0.25, 0.3) is 5.91 Å². The zero-order valence-corrected chi connectivity index (χ0v) is 14.0. The molecule has 0 aliphatic carbocycles. The monoisotopic (exact) mass is 333 g/mol. The molecule has 2 aromatic carbocycles. The van der Waals surface area contributed by atoms with Gasteiger partial charge < -0.3 is 14.8 Å². The molecule has 2 aromatic rings. The van der Waals surface area contributed by atoms with Crippen molar-refractivity contribution in [2.75, 3.05) is 7.11 Å². The molecule has 2 rings (SSSR count). The van der Waals surface area contributed by atoms with E-state index in [9.17, 15) is 4.79 Å². The van der Waals surface area contributed by atoms with E-state index in [-0.39, 0.29) is 5.91 Å². The summed E-state index contributed by atoms with van der Waals surface area (Å²) in [6, 6.07) is 14.7. The second kappa shape index (κ2) is 8.44. The van der Waals surface area contributed by atoms with E-state index in [1.165, 1.54) is 0 Å². The number of para-hydroxylation sites is 2. The average molecular weight is 334 g/mol. The second-order valence-corrected chi connectivity index (χ2v) is 5.38. The molecule has 0 heterocycles. The quantitative estimate of drug-likeness (QED) is 0.837. The summed E-state index contributed by atoms with van der Waals surface area (Å²) >= 11 is 6.09. The van der Waals surface area contributed by atoms with Crippen molar-refractivity contribution >= 4 is 17.5 Å². The second-order valence-electron chi connectivity index (χ2n) is 4.97. The van der Waals surface area contributed by atoms with Crippen molar-refractivity contribution < 1.29 is 14.3 Å². The Hall–Kier alpha value is -2.20. The number of rotatable bonds is 7. The molecule has 0 unspecified atom stereocenters. The number of amides is 1. The minimum absolute atomic E-state index is 0.182. The lowest BCUT2D eigenvalue weighted by Crippen LogP contribution is -2.37. The van der Waals surface area contributed by atoms with Gasteiger partial charge in [-0.1, -0.05) is 48.9 Å². The van der Waals surface area contributed by atoms with Crippen LogP contribution in [0.25, 0.3) is 0 Å². The molecule has 5 heteroatoms. The van der Waals surface area contributed by atoms with Crippen LogP contribution < -0.4 is 14.8 Å². The van der Waals surface area contributed by atoms with E-state index in [2.05, 4.69) is 5.32 Å². The molecule has 0 aromatic heterocycles. The topological polar surface area (TPSA) is 47.6 Å². The maximum Gasteiger partial charge on any atom is 0.261 e. The number of ether oxygens (including phenoxy) is 2. The first-order valence-electron chi connectivity index (χ1n) is 7.46. The van der Waals surface area contributed by atoms with Gasteiger partial charge in [-0.2, -0.15) is 0 Å². The fraction of sp³-hybridized carbons (Fsp3) is 0.278. The van der Waals surface area contributed by atoms with E-state index in [1.807, 2.05) is 37.3 Å². The van der Waals surface area contributed by atoms with Crippen molar-refractivity contribution in [2.45, 2.75) is 26.0 Å². The van der Waals surface area contributed by atoms with Crippen LogP contribution in [-0.4, -0.2) is 19.1 Å². The average Bonchev–Trinajstić information content (AvgIpc) is 2.59. The summed E-state index contributed by atoms with van der Waals surface area (Å²) in [5.74, 6) is 0.970. The summed E-state index contributed by atoms with van der Waals surface area (Å²) in [5.41, 5.74) is 0.870. The molecule has 0 bridgehead atoms. The van der Waals surface area contributed by atoms with Crippen LogP contribution >= 0.6 is 11.6 Å². The molecule has 122 valence electrons. The van der Waals surface area contributed by atoms with Gasteiger partial charge in [-0.25, -0.2) is 0 Å². The van der Waals surface area contributed by atoms with Crippen LogP contribution in [0.15, 0.2) is 48.5 Å². The molecule has 0 saturated heterocycles. The van der Waals surface area contributed by atoms with Gasteiger partial charge >= 0.3 is 0 Å². The zero-order valence-electron chi connectivity index (χ0n) is 13.2. The number of nitrogens with one attached hydrogen (secondary N) is 1. The highest BCUT2D eigenvalue weighted by Crippen LogP contribution is 2.27. The van der Waals surface area contributed by atoms with Gasteiger partial charge in [0, 0.05) is 11.6 Å². The number of hydrogen-bond acceptors (Lipinski definition) is 3. The third kappa shape index (κ3) is 4.63. The van der Waals surface area contributed by atoms with E-state index in [0.717, 1.165) is 5.56 Å². The fourth-order valence-corrected chi connectivity index (χ4v) is 2.33. The minimum Gasteiger partial charge on any atom is -0.493 e. The van der Waals surface area contributed by atoms with Crippen LogP contribution in [0.1, 0.15) is 18.9 Å². The van der Waals surface area contributed by atoms with Crippen LogP contribution in [0, 0.1) is 0 Å². The molecule has 0 aliphatic rings. The molecule has 0 spiro atoms. The lowest BCUT2D eigenvalue weighted by atomic mass is 10.2. The molecule has 0 aliphatic heterocycles. The van der Waals surface area contributed by atoms with Gasteiger partial charge in [0.05, 0.1) is 7.11 Å². The van der Waals surface area contributed by atoms with Gasteiger partial charge in [0.1, 0.15) is 0 Å². The van der Waals surface area contributed by atoms with E-state index < -0.39 is 6.10 Å². The van der Waals surface area contributed by atoms with Gasteiger partial charge in [-0.3, -0.25) is 4.79 Å². The van der Waals surface area contributed by atoms with Crippen LogP contribution in [0.3, 0.4) is 0 Å². The van der Waals surface area contributed by atoms with E-state index in [1.54, 1.807) is 25.3 Å². The van der Waals surface area contributed by atoms with E-state index in [4.69, 9.17) is 21.1 Å². The Labute approximate surface area is 141 Å². The summed E-state index contributed by atoms with van der Waals surface area (Å²) in [4.78, 5) is 12.3. The van der Waals surface area contributed by atoms with Crippen molar-refractivity contribution in [2.24, 2.45) is 0 Å². The van der Waals surface area contributed by atoms with Crippen molar-refractivity contribution in [1.82, 2.24) is 5.32 Å². The molecule has 0 saturated carbocycles. The standard InChI is InChI=1S/C18H20ClNO3/c1-3-15(23-17-11-7-6-10-16(17)22-2)18(21)20-12-13-8-4-5-9-14(13)19/h4-11,15H,3,12H2,1-2H3,(H,20,21)/t15-/m0/s1. The Morgan fingerprint density at radius 3 is 2.43 bits per heavy atom. The van der Waals surface area contributed by atoms with Crippen LogP contribution in [0.2, 0.25) is 5.02 Å². The molecule has 1 N–H and O–H groups in total. The molecule has 4 nitrogen and oxygen atoms in total. The minimum atomic E-state index is -0.589. The van der Waals surface area contributed by atoms with Crippen molar-refractivity contribution in [3.05, 3.63) is 59.1 Å². The number of carbonyl (C=O) groups is 1. The highest BCUT2D eigenvalue weighted by molar-refractivity contribution is 6.31. The molecule has 23 heavy (non-hydrogen) atoms. The normalized spacial score (nSPS) is 11.6. The van der Waals surface area contributed by atoms with Crippen molar-refractivity contribution in [3.63, 3.8) is 0 Å². The third-order valence-electron chi connectivity index (χ3n) is 3.41. The van der Waals surface area contributed by atoms with E-state index >= 15 is 0 Å². The fourth-order valence-electron chi connectivity index (χ4n) is 2.13. The van der Waals surface area contributed by atoms with Gasteiger partial charge in [-0.15, -0.1) is 0 Å². The molecule has 0 fully saturated rings. The Balaban J connectivity index is 2.00. The summed E-state index contributed by atoms with van der Waals surface area (Å²) in [7, 11) is 1.57. The Morgan fingerprint density at radius 1 is 1.13 bits per heavy atom. The highest BCUT2D eigenvalue weighted by atomic mass is 35.5. The number of methoxy groups -OCH3 is 1. The third-order valence-corrected chi connectivity index (χ3v) is 3.78. The largest absolute Gasteiger partial charge is 0.493 e. The number of carbonyl (C=O) groups excluding carboxylic acids is 1. The lowest BCUT2D eigenvalue weighted by Gasteiger charge is -2.19. The van der Waals surface area contributed by atoms with Gasteiger partial charge in [0.15, 0.2) is 17.6 Å².